The van der Waals surface area contributed by atoms with Gasteiger partial charge in [0.15, 0.2) is 0 Å². The topological polar surface area (TPSA) is 12.9 Å². The minimum absolute atomic E-state index is 0. The first kappa shape index (κ1) is 14.4. The normalized spacial score (nSPS) is 10.5. The van der Waals surface area contributed by atoms with Gasteiger partial charge in [-0.2, -0.15) is 24.3 Å². The predicted molar refractivity (Wildman–Crippen MR) is 82.4 cm³/mol. The molecule has 0 atom stereocenters. The Hall–Kier alpha value is -1.57. The summed E-state index contributed by atoms with van der Waals surface area (Å²) in [7, 11) is 0. The third-order valence-electron chi connectivity index (χ3n) is 3.54. The van der Waals surface area contributed by atoms with Crippen LogP contribution in [0.4, 0.5) is 0 Å². The zero-order valence-electron chi connectivity index (χ0n) is 11.4. The molecule has 1 nitrogen and oxygen atoms in total. The van der Waals surface area contributed by atoms with Crippen molar-refractivity contribution in [3.63, 3.8) is 0 Å². The van der Waals surface area contributed by atoms with Gasteiger partial charge in [0.25, 0.3) is 0 Å². The molecular weight excluding hydrogens is 331 g/mol. The number of benzene rings is 3. The van der Waals surface area contributed by atoms with Crippen molar-refractivity contribution in [3.8, 4) is 11.1 Å². The van der Waals surface area contributed by atoms with E-state index in [0.717, 1.165) is 16.5 Å². The molecular formula is C19H11NY-2. The first-order chi connectivity index (χ1) is 9.90. The van der Waals surface area contributed by atoms with Gasteiger partial charge in [-0.3, -0.25) is 4.98 Å². The maximum absolute atomic E-state index is 4.13. The molecule has 2 heteroatoms. The van der Waals surface area contributed by atoms with Crippen molar-refractivity contribution in [3.05, 3.63) is 79.1 Å². The van der Waals surface area contributed by atoms with Crippen LogP contribution in [-0.2, 0) is 32.7 Å². The molecule has 0 amide bonds. The molecule has 4 aromatic rings. The van der Waals surface area contributed by atoms with E-state index < -0.39 is 0 Å². The van der Waals surface area contributed by atoms with Crippen LogP contribution in [0.2, 0.25) is 0 Å². The first-order valence-corrected chi connectivity index (χ1v) is 6.56. The van der Waals surface area contributed by atoms with Gasteiger partial charge in [-0.15, -0.1) is 28.3 Å². The number of hydrogen-bond acceptors (Lipinski definition) is 1. The zero-order valence-corrected chi connectivity index (χ0v) is 14.2. The number of fused-ring (bicyclic) bond motifs is 2. The van der Waals surface area contributed by atoms with Crippen LogP contribution in [0, 0.1) is 12.1 Å². The molecule has 3 aromatic carbocycles. The molecule has 1 radical (unpaired) electrons. The maximum Gasteiger partial charge on any atom is 0.0248 e. The molecule has 97 valence electrons. The quantitative estimate of drug-likeness (QED) is 0.459. The minimum Gasteiger partial charge on any atom is -0.274 e. The van der Waals surface area contributed by atoms with Crippen molar-refractivity contribution in [1.82, 2.24) is 4.98 Å². The summed E-state index contributed by atoms with van der Waals surface area (Å²) < 4.78 is 0. The third-order valence-corrected chi connectivity index (χ3v) is 3.54. The minimum atomic E-state index is 0. The van der Waals surface area contributed by atoms with Crippen LogP contribution < -0.4 is 0 Å². The van der Waals surface area contributed by atoms with E-state index in [4.69, 9.17) is 0 Å². The second-order valence-corrected chi connectivity index (χ2v) is 4.83. The van der Waals surface area contributed by atoms with Crippen molar-refractivity contribution < 1.29 is 32.7 Å². The van der Waals surface area contributed by atoms with Gasteiger partial charge in [0.2, 0.25) is 0 Å². The summed E-state index contributed by atoms with van der Waals surface area (Å²) in [6.07, 6.45) is 3.68. The molecule has 0 N–H and O–H groups in total. The molecule has 0 saturated heterocycles. The van der Waals surface area contributed by atoms with E-state index in [-0.39, 0.29) is 32.7 Å². The first-order valence-electron chi connectivity index (χ1n) is 6.56. The van der Waals surface area contributed by atoms with Gasteiger partial charge >= 0.3 is 0 Å². The Labute approximate surface area is 148 Å². The third kappa shape index (κ3) is 2.76. The van der Waals surface area contributed by atoms with Crippen molar-refractivity contribution >= 4 is 21.5 Å². The van der Waals surface area contributed by atoms with Gasteiger partial charge in [-0.05, 0) is 6.20 Å². The van der Waals surface area contributed by atoms with Crippen molar-refractivity contribution in [2.24, 2.45) is 0 Å². The average Bonchev–Trinajstić information content (AvgIpc) is 2.54. The van der Waals surface area contributed by atoms with Gasteiger partial charge in [-0.1, -0.05) is 35.7 Å². The van der Waals surface area contributed by atoms with Crippen LogP contribution in [0.25, 0.3) is 32.7 Å². The van der Waals surface area contributed by atoms with Crippen molar-refractivity contribution in [1.29, 1.82) is 0 Å². The molecule has 0 spiro atoms. The van der Waals surface area contributed by atoms with Crippen LogP contribution in [0.15, 0.2) is 67.0 Å². The fourth-order valence-corrected chi connectivity index (χ4v) is 2.46. The molecule has 0 fully saturated rings. The largest absolute Gasteiger partial charge is 0.274 e. The van der Waals surface area contributed by atoms with E-state index in [1.165, 1.54) is 16.2 Å². The second kappa shape index (κ2) is 6.05. The number of hydrogen-bond donors (Lipinski definition) is 0. The number of aromatic nitrogens is 1. The summed E-state index contributed by atoms with van der Waals surface area (Å²) in [6, 6.07) is 25.3. The summed E-state index contributed by atoms with van der Waals surface area (Å²) in [4.78, 5) is 4.13. The van der Waals surface area contributed by atoms with Crippen molar-refractivity contribution in [2.75, 3.05) is 0 Å². The molecule has 21 heavy (non-hydrogen) atoms. The molecule has 0 unspecified atom stereocenters. The van der Waals surface area contributed by atoms with Gasteiger partial charge in [0.05, 0.1) is 0 Å². The average molecular weight is 342 g/mol. The number of nitrogens with zero attached hydrogens (tertiary/aromatic N) is 1. The monoisotopic (exact) mass is 342 g/mol. The Kier molecular flexibility index (Phi) is 4.14. The molecule has 4 rings (SSSR count). The maximum atomic E-state index is 4.13. The Morgan fingerprint density at radius 2 is 1.33 bits per heavy atom. The molecule has 0 aliphatic carbocycles. The van der Waals surface area contributed by atoms with Crippen LogP contribution in [0.3, 0.4) is 0 Å². The molecule has 1 heterocycles. The molecule has 0 aliphatic heterocycles. The van der Waals surface area contributed by atoms with E-state index in [1.807, 2.05) is 36.7 Å². The van der Waals surface area contributed by atoms with Crippen molar-refractivity contribution in [2.45, 2.75) is 0 Å². The fourth-order valence-electron chi connectivity index (χ4n) is 2.46. The second-order valence-electron chi connectivity index (χ2n) is 4.83. The molecule has 0 saturated carbocycles. The van der Waals surface area contributed by atoms with Crippen LogP contribution in [-0.4, -0.2) is 4.98 Å². The summed E-state index contributed by atoms with van der Waals surface area (Å²) >= 11 is 0. The smallest absolute Gasteiger partial charge is 0.0248 e. The van der Waals surface area contributed by atoms with E-state index in [2.05, 4.69) is 47.4 Å². The summed E-state index contributed by atoms with van der Waals surface area (Å²) in [5.41, 5.74) is 2.14. The fraction of sp³-hybridized carbons (Fsp3) is 0. The number of pyridine rings is 1. The molecule has 0 aliphatic rings. The van der Waals surface area contributed by atoms with Crippen LogP contribution in [0.1, 0.15) is 0 Å². The summed E-state index contributed by atoms with van der Waals surface area (Å²) in [5.74, 6) is 0. The van der Waals surface area contributed by atoms with Gasteiger partial charge in [-0.25, -0.2) is 11.1 Å². The van der Waals surface area contributed by atoms with Crippen LogP contribution >= 0.6 is 0 Å². The Balaban J connectivity index is 0.00000132. The SMILES string of the molecule is [Y].[c-]1cc2ccccc2cc1-c1[c-]cc2cnccc2c1. The summed E-state index contributed by atoms with van der Waals surface area (Å²) in [6.45, 7) is 0. The van der Waals surface area contributed by atoms with Gasteiger partial charge < -0.3 is 0 Å². The Morgan fingerprint density at radius 3 is 2.10 bits per heavy atom. The molecule has 1 aromatic heterocycles. The van der Waals surface area contributed by atoms with Gasteiger partial charge in [0.1, 0.15) is 0 Å². The number of rotatable bonds is 1. The Bertz CT molecular complexity index is 838. The molecule has 0 bridgehead atoms. The van der Waals surface area contributed by atoms with E-state index in [0.29, 0.717) is 0 Å². The van der Waals surface area contributed by atoms with Gasteiger partial charge in [0, 0.05) is 38.9 Å². The summed E-state index contributed by atoms with van der Waals surface area (Å²) in [5, 5.41) is 4.72. The van der Waals surface area contributed by atoms with E-state index >= 15 is 0 Å². The van der Waals surface area contributed by atoms with Crippen LogP contribution in [0.5, 0.6) is 0 Å². The zero-order chi connectivity index (χ0) is 13.4. The van der Waals surface area contributed by atoms with E-state index in [9.17, 15) is 0 Å². The Morgan fingerprint density at radius 1 is 0.714 bits per heavy atom. The standard InChI is InChI=1S/C19H11N.Y/c1-2-4-15-11-16(6-5-14(15)3-1)17-7-8-19-13-20-10-9-18(19)12-17;/h1-5,8-13H;/q-2;. The predicted octanol–water partition coefficient (Wildman–Crippen LogP) is 4.65. The van der Waals surface area contributed by atoms with E-state index in [1.54, 1.807) is 0 Å².